The zero-order valence-electron chi connectivity index (χ0n) is 11.3. The first kappa shape index (κ1) is 15.1. The molecule has 0 spiro atoms. The van der Waals surface area contributed by atoms with Crippen LogP contribution in [0, 0.1) is 12.7 Å². The summed E-state index contributed by atoms with van der Waals surface area (Å²) < 4.78 is 20.6. The van der Waals surface area contributed by atoms with Gasteiger partial charge in [-0.1, -0.05) is 0 Å². The van der Waals surface area contributed by atoms with Gasteiger partial charge in [0.1, 0.15) is 0 Å². The standard InChI is InChI=1S/C15H9AsClFNO3/c1-7-8-6-9(15(20)21)12(13(18)14(8)19-22-7)16-10-4-2-3-5-11(10)17/h2-6H,1H3,(H,20,21). The third-order valence-electron chi connectivity index (χ3n) is 3.18. The summed E-state index contributed by atoms with van der Waals surface area (Å²) in [5, 5.41) is 13.9. The molecule has 111 valence electrons. The first-order valence-electron chi connectivity index (χ1n) is 6.27. The molecule has 0 saturated carbocycles. The summed E-state index contributed by atoms with van der Waals surface area (Å²) in [4.78, 5) is 11.5. The molecule has 1 radical (unpaired) electrons. The minimum atomic E-state index is -1.18. The van der Waals surface area contributed by atoms with Gasteiger partial charge < -0.3 is 0 Å². The predicted molar refractivity (Wildman–Crippen MR) is 82.1 cm³/mol. The molecule has 1 aromatic heterocycles. The molecule has 0 unspecified atom stereocenters. The Kier molecular flexibility index (Phi) is 3.94. The van der Waals surface area contributed by atoms with E-state index in [4.69, 9.17) is 16.1 Å². The number of aryl methyl sites for hydroxylation is 1. The monoisotopic (exact) mass is 380 g/mol. The molecule has 0 aliphatic carbocycles. The van der Waals surface area contributed by atoms with Crippen LogP contribution in [0.15, 0.2) is 34.9 Å². The molecule has 0 saturated heterocycles. The molecule has 22 heavy (non-hydrogen) atoms. The van der Waals surface area contributed by atoms with E-state index in [1.165, 1.54) is 6.07 Å². The van der Waals surface area contributed by atoms with Crippen LogP contribution in [0.25, 0.3) is 10.9 Å². The van der Waals surface area contributed by atoms with Gasteiger partial charge in [0.2, 0.25) is 0 Å². The molecule has 3 rings (SSSR count). The number of carboxylic acid groups (broad SMARTS) is 1. The van der Waals surface area contributed by atoms with E-state index >= 15 is 0 Å². The SMILES string of the molecule is Cc1onc2c(F)c([As]c3ccccc3Cl)c(C(=O)O)cc12. The molecule has 0 aliphatic heterocycles. The van der Waals surface area contributed by atoms with E-state index in [1.807, 2.05) is 0 Å². The summed E-state index contributed by atoms with van der Waals surface area (Å²) in [6, 6.07) is 8.43. The van der Waals surface area contributed by atoms with Crippen LogP contribution in [0.4, 0.5) is 4.39 Å². The van der Waals surface area contributed by atoms with Crippen molar-refractivity contribution in [3.63, 3.8) is 0 Å². The molecule has 0 atom stereocenters. The van der Waals surface area contributed by atoms with Gasteiger partial charge in [-0.05, 0) is 0 Å². The molecule has 2 aromatic carbocycles. The van der Waals surface area contributed by atoms with Gasteiger partial charge in [0, 0.05) is 0 Å². The van der Waals surface area contributed by atoms with Gasteiger partial charge in [0.25, 0.3) is 0 Å². The van der Waals surface area contributed by atoms with Crippen molar-refractivity contribution >= 4 is 52.9 Å². The number of carbonyl (C=O) groups is 1. The van der Waals surface area contributed by atoms with Crippen molar-refractivity contribution in [3.05, 3.63) is 52.5 Å². The second kappa shape index (κ2) is 5.75. The number of fused-ring (bicyclic) bond motifs is 1. The summed E-state index contributed by atoms with van der Waals surface area (Å²) in [6.07, 6.45) is 0. The van der Waals surface area contributed by atoms with Crippen molar-refractivity contribution in [3.8, 4) is 0 Å². The van der Waals surface area contributed by atoms with Crippen molar-refractivity contribution in [2.45, 2.75) is 6.92 Å². The first-order valence-corrected chi connectivity index (χ1v) is 8.52. The Morgan fingerprint density at radius 3 is 2.82 bits per heavy atom. The first-order chi connectivity index (χ1) is 10.5. The average Bonchev–Trinajstić information content (AvgIpc) is 2.85. The molecule has 0 bridgehead atoms. The van der Waals surface area contributed by atoms with Crippen LogP contribution >= 0.6 is 11.6 Å². The van der Waals surface area contributed by atoms with E-state index in [2.05, 4.69) is 5.16 Å². The van der Waals surface area contributed by atoms with Crippen LogP contribution in [-0.4, -0.2) is 32.0 Å². The third-order valence-corrected chi connectivity index (χ3v) is 6.51. The average molecular weight is 381 g/mol. The molecule has 0 amide bonds. The zero-order chi connectivity index (χ0) is 15.9. The van der Waals surface area contributed by atoms with E-state index in [1.54, 1.807) is 31.2 Å². The van der Waals surface area contributed by atoms with Crippen LogP contribution < -0.4 is 8.70 Å². The van der Waals surface area contributed by atoms with Gasteiger partial charge in [-0.25, -0.2) is 0 Å². The maximum absolute atomic E-state index is 14.7. The Hall–Kier alpha value is -1.84. The van der Waals surface area contributed by atoms with Crippen LogP contribution in [0.3, 0.4) is 0 Å². The fraction of sp³-hybridized carbons (Fsp3) is 0.0667. The molecular weight excluding hydrogens is 372 g/mol. The molecular formula is C15H9AsClFNO3. The van der Waals surface area contributed by atoms with Gasteiger partial charge in [-0.15, -0.1) is 0 Å². The topological polar surface area (TPSA) is 63.3 Å². The summed E-state index contributed by atoms with van der Waals surface area (Å²) in [6.45, 7) is 1.61. The van der Waals surface area contributed by atoms with Crippen molar-refractivity contribution in [1.82, 2.24) is 5.16 Å². The van der Waals surface area contributed by atoms with Crippen LogP contribution in [0.5, 0.6) is 0 Å². The number of rotatable bonds is 3. The summed E-state index contributed by atoms with van der Waals surface area (Å²) in [5.41, 5.74) is -0.0175. The Morgan fingerprint density at radius 1 is 1.41 bits per heavy atom. The number of aromatic carboxylic acids is 1. The summed E-state index contributed by atoms with van der Waals surface area (Å²) in [7, 11) is 0. The third kappa shape index (κ3) is 2.51. The van der Waals surface area contributed by atoms with Crippen molar-refractivity contribution in [2.75, 3.05) is 0 Å². The number of halogens is 2. The van der Waals surface area contributed by atoms with Gasteiger partial charge in [0.05, 0.1) is 0 Å². The molecule has 1 N–H and O–H groups in total. The van der Waals surface area contributed by atoms with E-state index < -0.39 is 27.5 Å². The molecule has 0 fully saturated rings. The fourth-order valence-electron chi connectivity index (χ4n) is 2.09. The summed E-state index contributed by atoms with van der Waals surface area (Å²) >= 11 is 5.17. The van der Waals surface area contributed by atoms with Crippen molar-refractivity contribution in [1.29, 1.82) is 0 Å². The number of hydrogen-bond donors (Lipinski definition) is 1. The maximum atomic E-state index is 14.7. The molecule has 0 aliphatic rings. The summed E-state index contributed by atoms with van der Waals surface area (Å²) in [5.74, 6) is -1.44. The van der Waals surface area contributed by atoms with Gasteiger partial charge >= 0.3 is 136 Å². The van der Waals surface area contributed by atoms with Crippen LogP contribution in [-0.2, 0) is 0 Å². The predicted octanol–water partition coefficient (Wildman–Crippen LogP) is 2.28. The van der Waals surface area contributed by atoms with E-state index in [9.17, 15) is 14.3 Å². The van der Waals surface area contributed by atoms with E-state index in [0.29, 0.717) is 16.2 Å². The number of nitrogens with zero attached hydrogens (tertiary/aromatic N) is 1. The second-order valence-electron chi connectivity index (χ2n) is 4.59. The Balaban J connectivity index is 2.23. The molecule has 4 nitrogen and oxygen atoms in total. The van der Waals surface area contributed by atoms with Gasteiger partial charge in [-0.2, -0.15) is 0 Å². The Bertz CT molecular complexity index is 894. The van der Waals surface area contributed by atoms with E-state index in [-0.39, 0.29) is 15.4 Å². The zero-order valence-corrected chi connectivity index (χ0v) is 13.9. The Morgan fingerprint density at radius 2 is 2.14 bits per heavy atom. The quantitative estimate of drug-likeness (QED) is 0.708. The number of aromatic nitrogens is 1. The van der Waals surface area contributed by atoms with Crippen LogP contribution in [0.2, 0.25) is 5.02 Å². The molecule has 1 heterocycles. The normalized spacial score (nSPS) is 11.6. The van der Waals surface area contributed by atoms with Crippen LogP contribution in [0.1, 0.15) is 16.1 Å². The second-order valence-corrected chi connectivity index (χ2v) is 7.42. The van der Waals surface area contributed by atoms with E-state index in [0.717, 1.165) is 4.35 Å². The molecule has 3 aromatic rings. The Labute approximate surface area is 136 Å². The van der Waals surface area contributed by atoms with Gasteiger partial charge in [0.15, 0.2) is 0 Å². The fourth-order valence-corrected chi connectivity index (χ4v) is 4.68. The number of benzene rings is 2. The molecule has 7 heteroatoms. The van der Waals surface area contributed by atoms with Gasteiger partial charge in [-0.3, -0.25) is 0 Å². The van der Waals surface area contributed by atoms with Crippen molar-refractivity contribution in [2.24, 2.45) is 0 Å². The minimum absolute atomic E-state index is 0.0554. The van der Waals surface area contributed by atoms with Crippen molar-refractivity contribution < 1.29 is 18.8 Å². The number of carboxylic acids is 1. The number of hydrogen-bond acceptors (Lipinski definition) is 3.